The highest BCUT2D eigenvalue weighted by Crippen LogP contribution is 2.49. The lowest BCUT2D eigenvalue weighted by Gasteiger charge is -2.22. The first-order valence-electron chi connectivity index (χ1n) is 18.2. The van der Waals surface area contributed by atoms with Gasteiger partial charge in [0.15, 0.2) is 0 Å². The van der Waals surface area contributed by atoms with E-state index in [1.54, 1.807) is 24.5 Å². The van der Waals surface area contributed by atoms with Gasteiger partial charge in [0.1, 0.15) is 18.0 Å². The van der Waals surface area contributed by atoms with Gasteiger partial charge >= 0.3 is 0 Å². The zero-order valence-corrected chi connectivity index (χ0v) is 29.8. The summed E-state index contributed by atoms with van der Waals surface area (Å²) < 4.78 is 0. The van der Waals surface area contributed by atoms with Crippen LogP contribution >= 0.6 is 0 Å². The first-order valence-corrected chi connectivity index (χ1v) is 18.2. The maximum Gasteiger partial charge on any atom is 0.270 e. The first-order chi connectivity index (χ1) is 27.7. The van der Waals surface area contributed by atoms with Gasteiger partial charge in [0.2, 0.25) is 0 Å². The summed E-state index contributed by atoms with van der Waals surface area (Å²) in [5.41, 5.74) is 9.75. The molecule has 0 aliphatic rings. The molecule has 6 nitrogen and oxygen atoms in total. The number of hydrogen-bond acceptors (Lipinski definition) is 5. The fourth-order valence-corrected chi connectivity index (χ4v) is 8.11. The molecule has 0 aliphatic heterocycles. The maximum atomic E-state index is 9.53. The normalized spacial score (nSPS) is 11.2. The predicted octanol–water partition coefficient (Wildman–Crippen LogP) is 12.6. The second-order valence-electron chi connectivity index (χ2n) is 13.6. The third-order valence-electron chi connectivity index (χ3n) is 10.4. The Morgan fingerprint density at radius 3 is 1.20 bits per heavy atom. The number of aromatic nitrogens is 4. The van der Waals surface area contributed by atoms with Gasteiger partial charge in [-0.2, -0.15) is 5.26 Å². The Balaban J connectivity index is 1.26. The van der Waals surface area contributed by atoms with Crippen molar-refractivity contribution in [3.8, 4) is 62.2 Å². The van der Waals surface area contributed by atoms with Gasteiger partial charge in [-0.3, -0.25) is 0 Å². The van der Waals surface area contributed by atoms with Crippen LogP contribution in [0, 0.1) is 17.9 Å². The summed E-state index contributed by atoms with van der Waals surface area (Å²) >= 11 is 0. The molecule has 0 N–H and O–H groups in total. The van der Waals surface area contributed by atoms with Gasteiger partial charge in [-0.15, -0.1) is 4.98 Å². The number of pyridine rings is 4. The van der Waals surface area contributed by atoms with Crippen molar-refractivity contribution < 1.29 is 0 Å². The van der Waals surface area contributed by atoms with E-state index in [0.717, 1.165) is 99.2 Å². The molecule has 6 heteroatoms. The van der Waals surface area contributed by atoms with Gasteiger partial charge in [0.25, 0.3) is 5.82 Å². The molecule has 10 rings (SSSR count). The van der Waals surface area contributed by atoms with Gasteiger partial charge in [-0.25, -0.2) is 15.0 Å². The van der Waals surface area contributed by atoms with Crippen LogP contribution in [0.1, 0.15) is 5.69 Å². The van der Waals surface area contributed by atoms with Crippen LogP contribution in [-0.4, -0.2) is 19.9 Å². The van der Waals surface area contributed by atoms with Crippen molar-refractivity contribution in [2.24, 2.45) is 0 Å². The van der Waals surface area contributed by atoms with Crippen molar-refractivity contribution >= 4 is 48.9 Å². The van der Waals surface area contributed by atoms with E-state index in [4.69, 9.17) is 16.5 Å². The van der Waals surface area contributed by atoms with Gasteiger partial charge in [-0.1, -0.05) is 116 Å². The summed E-state index contributed by atoms with van der Waals surface area (Å²) in [4.78, 5) is 22.3. The summed E-state index contributed by atoms with van der Waals surface area (Å²) in [5, 5.41) is 18.4. The summed E-state index contributed by atoms with van der Waals surface area (Å²) in [5.74, 6) is 0.340. The lowest BCUT2D eigenvalue weighted by atomic mass is 9.82. The molecule has 4 aromatic heterocycles. The molecule has 56 heavy (non-hydrogen) atoms. The van der Waals surface area contributed by atoms with E-state index in [2.05, 4.69) is 130 Å². The standard InChI is InChI=1S/C50H28N6/c1-52-46-29-32(25-27-54-46)43-21-11-23-45(56-43)48-36-14-4-8-18-40(36)50(41-19-9-5-15-37(41)48)49-38-16-6-2-12-34(38)47(35-13-3-7-17-39(35)49)44-22-10-20-42(55-44)31-24-26-53-33(28-31)30-51/h2-29H. The smallest absolute Gasteiger partial charge is 0.270 e. The number of nitriles is 1. The average molecular weight is 713 g/mol. The Kier molecular flexibility index (Phi) is 7.80. The number of nitrogens with zero attached hydrogens (tertiary/aromatic N) is 6. The monoisotopic (exact) mass is 712 g/mol. The van der Waals surface area contributed by atoms with E-state index in [-0.39, 0.29) is 0 Å². The molecule has 0 radical (unpaired) electrons. The first kappa shape index (κ1) is 32.6. The zero-order valence-electron chi connectivity index (χ0n) is 29.8. The van der Waals surface area contributed by atoms with Crippen LogP contribution < -0.4 is 0 Å². The molecule has 0 amide bonds. The molecule has 0 atom stereocenters. The molecule has 0 aliphatic carbocycles. The molecule has 6 aromatic carbocycles. The van der Waals surface area contributed by atoms with Crippen LogP contribution in [0.25, 0.3) is 104 Å². The minimum absolute atomic E-state index is 0.340. The third-order valence-corrected chi connectivity index (χ3v) is 10.4. The second-order valence-corrected chi connectivity index (χ2v) is 13.6. The van der Waals surface area contributed by atoms with Crippen LogP contribution in [-0.2, 0) is 0 Å². The van der Waals surface area contributed by atoms with Crippen LogP contribution in [0.3, 0.4) is 0 Å². The van der Waals surface area contributed by atoms with Crippen LogP contribution in [0.4, 0.5) is 5.82 Å². The molecule has 0 unspecified atom stereocenters. The van der Waals surface area contributed by atoms with Crippen molar-refractivity contribution in [2.45, 2.75) is 0 Å². The predicted molar refractivity (Wildman–Crippen MR) is 226 cm³/mol. The zero-order chi connectivity index (χ0) is 37.6. The fraction of sp³-hybridized carbons (Fsp3) is 0. The minimum atomic E-state index is 0.340. The third kappa shape index (κ3) is 5.33. The second kappa shape index (κ2) is 13.4. The Hall–Kier alpha value is -8.06. The highest BCUT2D eigenvalue weighted by Gasteiger charge is 2.23. The van der Waals surface area contributed by atoms with E-state index >= 15 is 0 Å². The van der Waals surface area contributed by atoms with E-state index in [1.807, 2.05) is 36.4 Å². The van der Waals surface area contributed by atoms with Crippen LogP contribution in [0.2, 0.25) is 0 Å². The van der Waals surface area contributed by atoms with Gasteiger partial charge in [0, 0.05) is 22.9 Å². The molecular weight excluding hydrogens is 685 g/mol. The largest absolute Gasteiger partial charge is 0.361 e. The maximum absolute atomic E-state index is 9.53. The Bertz CT molecular complexity index is 2960. The molecule has 0 fully saturated rings. The molecule has 10 aromatic rings. The van der Waals surface area contributed by atoms with E-state index < -0.39 is 0 Å². The quantitative estimate of drug-likeness (QED) is 0.131. The van der Waals surface area contributed by atoms with Crippen molar-refractivity contribution in [1.82, 2.24) is 19.9 Å². The number of benzene rings is 6. The molecule has 0 saturated carbocycles. The van der Waals surface area contributed by atoms with Gasteiger partial charge < -0.3 is 4.85 Å². The summed E-state index contributed by atoms with van der Waals surface area (Å²) in [7, 11) is 0. The van der Waals surface area contributed by atoms with Crippen molar-refractivity contribution in [3.63, 3.8) is 0 Å². The van der Waals surface area contributed by atoms with Crippen molar-refractivity contribution in [1.29, 1.82) is 5.26 Å². The minimum Gasteiger partial charge on any atom is -0.361 e. The highest BCUT2D eigenvalue weighted by molar-refractivity contribution is 6.29. The summed E-state index contributed by atoms with van der Waals surface area (Å²) in [6, 6.07) is 56.2. The number of hydrogen-bond donors (Lipinski definition) is 0. The average Bonchev–Trinajstić information content (AvgIpc) is 3.27. The van der Waals surface area contributed by atoms with Crippen LogP contribution in [0.5, 0.6) is 0 Å². The topological polar surface area (TPSA) is 79.7 Å². The van der Waals surface area contributed by atoms with E-state index in [1.165, 1.54) is 0 Å². The van der Waals surface area contributed by atoms with Gasteiger partial charge in [-0.05, 0) is 108 Å². The molecule has 4 heterocycles. The molecule has 0 spiro atoms. The van der Waals surface area contributed by atoms with Crippen LogP contribution in [0.15, 0.2) is 170 Å². The van der Waals surface area contributed by atoms with Crippen molar-refractivity contribution in [3.05, 3.63) is 187 Å². The lowest BCUT2D eigenvalue weighted by molar-refractivity contribution is 1.25. The highest BCUT2D eigenvalue weighted by atomic mass is 14.9. The van der Waals surface area contributed by atoms with E-state index in [0.29, 0.717) is 11.5 Å². The lowest BCUT2D eigenvalue weighted by Crippen LogP contribution is -1.96. The van der Waals surface area contributed by atoms with Gasteiger partial charge in [0.05, 0.1) is 22.8 Å². The fourth-order valence-electron chi connectivity index (χ4n) is 8.11. The van der Waals surface area contributed by atoms with Crippen molar-refractivity contribution in [2.75, 3.05) is 0 Å². The molecule has 258 valence electrons. The van der Waals surface area contributed by atoms with E-state index in [9.17, 15) is 5.26 Å². The Morgan fingerprint density at radius 1 is 0.411 bits per heavy atom. The Labute approximate surface area is 322 Å². The molecular formula is C50H28N6. The molecule has 0 bridgehead atoms. The Morgan fingerprint density at radius 2 is 0.786 bits per heavy atom. The summed E-state index contributed by atoms with van der Waals surface area (Å²) in [6.45, 7) is 7.49. The molecule has 0 saturated heterocycles. The SMILES string of the molecule is [C-]#[N+]c1cc(-c2cccc(-c3c4ccccc4c(-c4c5ccccc5c(-c5cccc(-c6ccnc(C#N)c6)n5)c5ccccc45)c4ccccc34)n2)ccn1. The number of rotatable bonds is 5. The number of fused-ring (bicyclic) bond motifs is 4. The summed E-state index contributed by atoms with van der Waals surface area (Å²) in [6.07, 6.45) is 3.32.